The summed E-state index contributed by atoms with van der Waals surface area (Å²) in [4.78, 5) is 22.9. The van der Waals surface area contributed by atoms with Gasteiger partial charge in [-0.25, -0.2) is 4.79 Å². The summed E-state index contributed by atoms with van der Waals surface area (Å²) in [7, 11) is 0. The van der Waals surface area contributed by atoms with Crippen LogP contribution in [0, 0.1) is 12.8 Å². The number of thioether (sulfide) groups is 1. The first kappa shape index (κ1) is 12.4. The Kier molecular flexibility index (Phi) is 3.68. The molecule has 1 aromatic rings. The van der Waals surface area contributed by atoms with Gasteiger partial charge in [-0.05, 0) is 30.6 Å². The zero-order valence-corrected chi connectivity index (χ0v) is 10.9. The van der Waals surface area contributed by atoms with E-state index in [1.54, 1.807) is 18.7 Å². The van der Waals surface area contributed by atoms with Gasteiger partial charge in [0.1, 0.15) is 10.6 Å². The van der Waals surface area contributed by atoms with Crippen LogP contribution in [0.4, 0.5) is 5.00 Å². The smallest absolute Gasteiger partial charge is 0.340 e. The maximum atomic E-state index is 11.9. The number of carboxylic acids is 1. The second-order valence-electron chi connectivity index (χ2n) is 3.83. The number of carbonyl (C=O) groups excluding carboxylic acids is 1. The standard InChI is InChI=1S/C10H12N2O3S2/c1-5-7(10(14)15)9(17-12-5)11-8(13)6-2-3-16-4-6/h6H,2-4H2,1H3,(H,11,13)(H,14,15). The van der Waals surface area contributed by atoms with E-state index in [9.17, 15) is 9.59 Å². The molecule has 1 amide bonds. The number of amides is 1. The average Bonchev–Trinajstić information content (AvgIpc) is 2.87. The minimum atomic E-state index is -1.05. The van der Waals surface area contributed by atoms with Crippen LogP contribution in [0.5, 0.6) is 0 Å². The molecule has 1 saturated heterocycles. The van der Waals surface area contributed by atoms with Gasteiger partial charge in [-0.1, -0.05) is 0 Å². The van der Waals surface area contributed by atoms with E-state index >= 15 is 0 Å². The highest BCUT2D eigenvalue weighted by molar-refractivity contribution is 7.99. The third-order valence-corrected chi connectivity index (χ3v) is 4.63. The second kappa shape index (κ2) is 5.05. The van der Waals surface area contributed by atoms with Crippen LogP contribution in [0.25, 0.3) is 0 Å². The SMILES string of the molecule is Cc1nsc(NC(=O)C2CCSC2)c1C(=O)O. The maximum absolute atomic E-state index is 11.9. The molecule has 1 aliphatic heterocycles. The van der Waals surface area contributed by atoms with Crippen LogP contribution in [0.1, 0.15) is 22.5 Å². The zero-order chi connectivity index (χ0) is 12.4. The summed E-state index contributed by atoms with van der Waals surface area (Å²) < 4.78 is 3.96. The molecule has 2 rings (SSSR count). The van der Waals surface area contributed by atoms with E-state index in [1.807, 2.05) is 0 Å². The molecule has 1 aliphatic rings. The summed E-state index contributed by atoms with van der Waals surface area (Å²) in [5.41, 5.74) is 0.549. The van der Waals surface area contributed by atoms with E-state index < -0.39 is 5.97 Å². The summed E-state index contributed by atoms with van der Waals surface area (Å²) >= 11 is 2.77. The van der Waals surface area contributed by atoms with Crippen LogP contribution in [-0.4, -0.2) is 32.9 Å². The van der Waals surface area contributed by atoms with Crippen LogP contribution in [0.3, 0.4) is 0 Å². The lowest BCUT2D eigenvalue weighted by atomic mass is 10.1. The van der Waals surface area contributed by atoms with Crippen molar-refractivity contribution in [2.45, 2.75) is 13.3 Å². The molecule has 2 heterocycles. The van der Waals surface area contributed by atoms with E-state index in [0.29, 0.717) is 10.7 Å². The molecule has 0 aromatic carbocycles. The molecular formula is C10H12N2O3S2. The molecule has 0 spiro atoms. The predicted octanol–water partition coefficient (Wildman–Crippen LogP) is 1.84. The summed E-state index contributed by atoms with van der Waals surface area (Å²) in [5, 5.41) is 12.0. The molecule has 17 heavy (non-hydrogen) atoms. The van der Waals surface area contributed by atoms with Gasteiger partial charge in [0.15, 0.2) is 0 Å². The summed E-state index contributed by atoms with van der Waals surface area (Å²) in [6, 6.07) is 0. The molecule has 0 saturated carbocycles. The van der Waals surface area contributed by atoms with Gasteiger partial charge in [-0.3, -0.25) is 4.79 Å². The molecule has 1 aromatic heterocycles. The fourth-order valence-corrected chi connectivity index (χ4v) is 3.67. The van der Waals surface area contributed by atoms with Crippen molar-refractivity contribution in [3.8, 4) is 0 Å². The minimum absolute atomic E-state index is 0.0101. The van der Waals surface area contributed by atoms with Gasteiger partial charge < -0.3 is 10.4 Å². The van der Waals surface area contributed by atoms with Crippen LogP contribution < -0.4 is 5.32 Å². The Labute approximate surface area is 107 Å². The highest BCUT2D eigenvalue weighted by atomic mass is 32.2. The second-order valence-corrected chi connectivity index (χ2v) is 5.75. The lowest BCUT2D eigenvalue weighted by Gasteiger charge is -2.08. The topological polar surface area (TPSA) is 79.3 Å². The van der Waals surface area contributed by atoms with Crippen molar-refractivity contribution in [2.75, 3.05) is 16.8 Å². The Morgan fingerprint density at radius 3 is 2.88 bits per heavy atom. The van der Waals surface area contributed by atoms with Crippen LogP contribution in [0.2, 0.25) is 0 Å². The highest BCUT2D eigenvalue weighted by Gasteiger charge is 2.26. The van der Waals surface area contributed by atoms with E-state index in [0.717, 1.165) is 29.5 Å². The number of aryl methyl sites for hydroxylation is 1. The van der Waals surface area contributed by atoms with E-state index in [-0.39, 0.29) is 17.4 Å². The number of anilines is 1. The van der Waals surface area contributed by atoms with E-state index in [2.05, 4.69) is 9.69 Å². The lowest BCUT2D eigenvalue weighted by molar-refractivity contribution is -0.119. The molecule has 5 nitrogen and oxygen atoms in total. The highest BCUT2D eigenvalue weighted by Crippen LogP contribution is 2.28. The molecular weight excluding hydrogens is 260 g/mol. The number of aromatic carboxylic acids is 1. The molecule has 1 fully saturated rings. The van der Waals surface area contributed by atoms with Crippen molar-refractivity contribution in [3.05, 3.63) is 11.3 Å². The normalized spacial score (nSPS) is 19.2. The van der Waals surface area contributed by atoms with Crippen molar-refractivity contribution in [1.82, 2.24) is 4.37 Å². The minimum Gasteiger partial charge on any atom is -0.478 e. The monoisotopic (exact) mass is 272 g/mol. The van der Waals surface area contributed by atoms with Crippen molar-refractivity contribution in [1.29, 1.82) is 0 Å². The van der Waals surface area contributed by atoms with E-state index in [4.69, 9.17) is 5.11 Å². The first-order valence-electron chi connectivity index (χ1n) is 5.17. The number of carboxylic acid groups (broad SMARTS) is 1. The first-order chi connectivity index (χ1) is 8.09. The Balaban J connectivity index is 2.13. The fourth-order valence-electron chi connectivity index (χ4n) is 1.66. The largest absolute Gasteiger partial charge is 0.478 e. The van der Waals surface area contributed by atoms with Gasteiger partial charge in [0.05, 0.1) is 5.69 Å². The number of aromatic nitrogens is 1. The van der Waals surface area contributed by atoms with Crippen LogP contribution in [0.15, 0.2) is 0 Å². The van der Waals surface area contributed by atoms with Crippen molar-refractivity contribution in [3.63, 3.8) is 0 Å². The van der Waals surface area contributed by atoms with Gasteiger partial charge in [0.25, 0.3) is 0 Å². The zero-order valence-electron chi connectivity index (χ0n) is 9.23. The first-order valence-corrected chi connectivity index (χ1v) is 7.10. The number of nitrogens with zero attached hydrogens (tertiary/aromatic N) is 1. The Bertz CT molecular complexity index is 452. The van der Waals surface area contributed by atoms with Gasteiger partial charge in [-0.15, -0.1) is 0 Å². The third-order valence-electron chi connectivity index (χ3n) is 2.61. The molecule has 0 radical (unpaired) electrons. The van der Waals surface area contributed by atoms with Gasteiger partial charge in [-0.2, -0.15) is 16.1 Å². The molecule has 1 unspecified atom stereocenters. The van der Waals surface area contributed by atoms with Gasteiger partial charge in [0.2, 0.25) is 5.91 Å². The number of rotatable bonds is 3. The molecule has 7 heteroatoms. The van der Waals surface area contributed by atoms with Crippen molar-refractivity contribution in [2.24, 2.45) is 5.92 Å². The fraction of sp³-hybridized carbons (Fsp3) is 0.500. The lowest BCUT2D eigenvalue weighted by Crippen LogP contribution is -2.22. The summed E-state index contributed by atoms with van der Waals surface area (Å²) in [6.45, 7) is 1.63. The molecule has 1 atom stereocenters. The summed E-state index contributed by atoms with van der Waals surface area (Å²) in [5.74, 6) is 0.648. The van der Waals surface area contributed by atoms with Crippen LogP contribution >= 0.6 is 23.3 Å². The number of hydrogen-bond donors (Lipinski definition) is 2. The maximum Gasteiger partial charge on any atom is 0.340 e. The number of nitrogens with one attached hydrogen (secondary N) is 1. The van der Waals surface area contributed by atoms with E-state index in [1.165, 1.54) is 0 Å². The van der Waals surface area contributed by atoms with Gasteiger partial charge >= 0.3 is 5.97 Å². The molecule has 92 valence electrons. The predicted molar refractivity (Wildman–Crippen MR) is 67.9 cm³/mol. The quantitative estimate of drug-likeness (QED) is 0.877. The Morgan fingerprint density at radius 2 is 2.29 bits per heavy atom. The summed E-state index contributed by atoms with van der Waals surface area (Å²) in [6.07, 6.45) is 0.858. The third kappa shape index (κ3) is 2.61. The van der Waals surface area contributed by atoms with Crippen molar-refractivity contribution >= 4 is 40.2 Å². The Morgan fingerprint density at radius 1 is 1.53 bits per heavy atom. The molecule has 0 aliphatic carbocycles. The van der Waals surface area contributed by atoms with Crippen LogP contribution in [-0.2, 0) is 4.79 Å². The van der Waals surface area contributed by atoms with Crippen molar-refractivity contribution < 1.29 is 14.7 Å². The molecule has 0 bridgehead atoms. The Hall–Kier alpha value is -1.08. The number of carbonyl (C=O) groups is 2. The average molecular weight is 272 g/mol. The number of hydrogen-bond acceptors (Lipinski definition) is 5. The molecule has 2 N–H and O–H groups in total. The van der Waals surface area contributed by atoms with Gasteiger partial charge in [0, 0.05) is 11.7 Å².